The molecule has 0 fully saturated rings. The first-order valence-electron chi connectivity index (χ1n) is 7.66. The minimum Gasteiger partial charge on any atom is -0.368 e. The first kappa shape index (κ1) is 17.9. The van der Waals surface area contributed by atoms with E-state index in [1.54, 1.807) is 6.92 Å². The molecule has 0 aromatic rings. The minimum absolute atomic E-state index is 0.0748. The largest absolute Gasteiger partial charge is 0.368 e. The minimum atomic E-state index is -0.564. The highest BCUT2D eigenvalue weighted by molar-refractivity contribution is 5.86. The first-order chi connectivity index (χ1) is 9.07. The molecule has 0 radical (unpaired) electrons. The summed E-state index contributed by atoms with van der Waals surface area (Å²) < 4.78 is 0. The average Bonchev–Trinajstić information content (AvgIpc) is 2.36. The number of amides is 2. The van der Waals surface area contributed by atoms with Crippen LogP contribution in [0.1, 0.15) is 78.1 Å². The van der Waals surface area contributed by atoms with Crippen LogP contribution in [0.5, 0.6) is 0 Å². The summed E-state index contributed by atoms with van der Waals surface area (Å²) in [4.78, 5) is 22.2. The van der Waals surface area contributed by atoms with E-state index >= 15 is 0 Å². The van der Waals surface area contributed by atoms with E-state index in [1.165, 1.54) is 44.9 Å². The smallest absolute Gasteiger partial charge is 0.239 e. The highest BCUT2D eigenvalue weighted by Gasteiger charge is 2.11. The van der Waals surface area contributed by atoms with Crippen LogP contribution in [0.3, 0.4) is 0 Å². The van der Waals surface area contributed by atoms with Gasteiger partial charge < -0.3 is 11.1 Å². The summed E-state index contributed by atoms with van der Waals surface area (Å²) in [7, 11) is 0. The zero-order valence-electron chi connectivity index (χ0n) is 12.5. The Kier molecular flexibility index (Phi) is 11.3. The van der Waals surface area contributed by atoms with Gasteiger partial charge >= 0.3 is 0 Å². The Morgan fingerprint density at radius 2 is 1.42 bits per heavy atom. The van der Waals surface area contributed by atoms with Crippen molar-refractivity contribution in [3.63, 3.8) is 0 Å². The third-order valence-corrected chi connectivity index (χ3v) is 3.31. The maximum atomic E-state index is 11.4. The van der Waals surface area contributed by atoms with Crippen molar-refractivity contribution in [3.8, 4) is 0 Å². The fourth-order valence-corrected chi connectivity index (χ4v) is 1.98. The Labute approximate surface area is 117 Å². The van der Waals surface area contributed by atoms with E-state index in [2.05, 4.69) is 12.2 Å². The molecule has 0 aliphatic carbocycles. The molecule has 0 aliphatic heterocycles. The quantitative estimate of drug-likeness (QED) is 0.535. The van der Waals surface area contributed by atoms with Crippen LogP contribution in [0.25, 0.3) is 0 Å². The van der Waals surface area contributed by atoms with E-state index in [0.717, 1.165) is 12.8 Å². The lowest BCUT2D eigenvalue weighted by Gasteiger charge is -2.09. The number of carbonyl (C=O) groups excluding carboxylic acids is 2. The summed E-state index contributed by atoms with van der Waals surface area (Å²) in [5.74, 6) is -0.560. The van der Waals surface area contributed by atoms with Gasteiger partial charge in [-0.1, -0.05) is 58.3 Å². The van der Waals surface area contributed by atoms with Gasteiger partial charge in [0.2, 0.25) is 11.8 Å². The van der Waals surface area contributed by atoms with Crippen molar-refractivity contribution in [2.75, 3.05) is 0 Å². The molecule has 0 saturated carbocycles. The van der Waals surface area contributed by atoms with Crippen LogP contribution in [-0.4, -0.2) is 17.9 Å². The van der Waals surface area contributed by atoms with Gasteiger partial charge in [-0.15, -0.1) is 0 Å². The van der Waals surface area contributed by atoms with Gasteiger partial charge in [0.1, 0.15) is 6.04 Å². The number of primary amides is 1. The Balaban J connectivity index is 3.30. The Bertz CT molecular complexity index is 255. The highest BCUT2D eigenvalue weighted by atomic mass is 16.2. The predicted molar refractivity (Wildman–Crippen MR) is 78.6 cm³/mol. The summed E-state index contributed by atoms with van der Waals surface area (Å²) in [5, 5.41) is 2.59. The van der Waals surface area contributed by atoms with Gasteiger partial charge in [0, 0.05) is 6.42 Å². The summed E-state index contributed by atoms with van der Waals surface area (Å²) in [6.07, 6.45) is 11.6. The summed E-state index contributed by atoms with van der Waals surface area (Å²) >= 11 is 0. The SMILES string of the molecule is CCCCCCCCCCCC(=O)N[C@@H](C)C(N)=O. The second kappa shape index (κ2) is 12.0. The van der Waals surface area contributed by atoms with Crippen LogP contribution < -0.4 is 11.1 Å². The molecule has 0 aliphatic rings. The zero-order valence-corrected chi connectivity index (χ0v) is 12.5. The van der Waals surface area contributed by atoms with E-state index in [9.17, 15) is 9.59 Å². The van der Waals surface area contributed by atoms with Crippen LogP contribution in [0.2, 0.25) is 0 Å². The third-order valence-electron chi connectivity index (χ3n) is 3.31. The van der Waals surface area contributed by atoms with Crippen molar-refractivity contribution in [3.05, 3.63) is 0 Å². The van der Waals surface area contributed by atoms with Crippen molar-refractivity contribution in [1.29, 1.82) is 0 Å². The number of hydrogen-bond donors (Lipinski definition) is 2. The molecule has 0 bridgehead atoms. The fourth-order valence-electron chi connectivity index (χ4n) is 1.98. The molecule has 0 rings (SSSR count). The number of nitrogens with one attached hydrogen (secondary N) is 1. The lowest BCUT2D eigenvalue weighted by molar-refractivity contribution is -0.127. The van der Waals surface area contributed by atoms with Crippen molar-refractivity contribution < 1.29 is 9.59 Å². The van der Waals surface area contributed by atoms with Gasteiger partial charge in [0.25, 0.3) is 0 Å². The molecule has 0 saturated heterocycles. The molecule has 19 heavy (non-hydrogen) atoms. The molecular weight excluding hydrogens is 240 g/mol. The van der Waals surface area contributed by atoms with Crippen LogP contribution in [-0.2, 0) is 9.59 Å². The third kappa shape index (κ3) is 11.7. The molecular formula is C15H30N2O2. The second-order valence-corrected chi connectivity index (χ2v) is 5.27. The summed E-state index contributed by atoms with van der Waals surface area (Å²) in [6, 6.07) is -0.564. The van der Waals surface area contributed by atoms with E-state index in [-0.39, 0.29) is 5.91 Å². The lowest BCUT2D eigenvalue weighted by atomic mass is 10.1. The Morgan fingerprint density at radius 3 is 1.89 bits per heavy atom. The van der Waals surface area contributed by atoms with Gasteiger partial charge in [-0.25, -0.2) is 0 Å². The molecule has 1 atom stereocenters. The molecule has 3 N–H and O–H groups in total. The van der Waals surface area contributed by atoms with E-state index < -0.39 is 11.9 Å². The van der Waals surface area contributed by atoms with Gasteiger partial charge in [-0.2, -0.15) is 0 Å². The maximum absolute atomic E-state index is 11.4. The molecule has 0 aromatic carbocycles. The number of carbonyl (C=O) groups is 2. The number of rotatable bonds is 12. The van der Waals surface area contributed by atoms with Crippen molar-refractivity contribution in [2.45, 2.75) is 84.1 Å². The normalized spacial score (nSPS) is 12.1. The molecule has 0 unspecified atom stereocenters. The molecule has 2 amide bonds. The fraction of sp³-hybridized carbons (Fsp3) is 0.867. The Morgan fingerprint density at radius 1 is 0.947 bits per heavy atom. The molecule has 0 aromatic heterocycles. The maximum Gasteiger partial charge on any atom is 0.239 e. The Hall–Kier alpha value is -1.06. The van der Waals surface area contributed by atoms with Gasteiger partial charge in [-0.3, -0.25) is 9.59 Å². The number of hydrogen-bond acceptors (Lipinski definition) is 2. The first-order valence-corrected chi connectivity index (χ1v) is 7.66. The zero-order chi connectivity index (χ0) is 14.5. The molecule has 112 valence electrons. The standard InChI is InChI=1S/C15H30N2O2/c1-3-4-5-6-7-8-9-10-11-12-14(18)17-13(2)15(16)19/h13H,3-12H2,1-2H3,(H2,16,19)(H,17,18)/t13-/m0/s1. The topological polar surface area (TPSA) is 72.2 Å². The summed E-state index contributed by atoms with van der Waals surface area (Å²) in [5.41, 5.74) is 5.07. The molecule has 0 heterocycles. The van der Waals surface area contributed by atoms with E-state index in [0.29, 0.717) is 6.42 Å². The summed E-state index contributed by atoms with van der Waals surface area (Å²) in [6.45, 7) is 3.83. The van der Waals surface area contributed by atoms with Crippen molar-refractivity contribution in [2.24, 2.45) is 5.73 Å². The number of unbranched alkanes of at least 4 members (excludes halogenated alkanes) is 8. The van der Waals surface area contributed by atoms with Crippen LogP contribution in [0, 0.1) is 0 Å². The average molecular weight is 270 g/mol. The molecule has 0 spiro atoms. The monoisotopic (exact) mass is 270 g/mol. The van der Waals surface area contributed by atoms with Crippen molar-refractivity contribution in [1.82, 2.24) is 5.32 Å². The van der Waals surface area contributed by atoms with Crippen LogP contribution in [0.15, 0.2) is 0 Å². The van der Waals surface area contributed by atoms with Gasteiger partial charge in [0.15, 0.2) is 0 Å². The van der Waals surface area contributed by atoms with Gasteiger partial charge in [0.05, 0.1) is 0 Å². The van der Waals surface area contributed by atoms with Crippen molar-refractivity contribution >= 4 is 11.8 Å². The van der Waals surface area contributed by atoms with Gasteiger partial charge in [-0.05, 0) is 13.3 Å². The van der Waals surface area contributed by atoms with Crippen LogP contribution in [0.4, 0.5) is 0 Å². The number of nitrogens with two attached hydrogens (primary N) is 1. The molecule has 4 nitrogen and oxygen atoms in total. The lowest BCUT2D eigenvalue weighted by Crippen LogP contribution is -2.42. The second-order valence-electron chi connectivity index (χ2n) is 5.27. The van der Waals surface area contributed by atoms with E-state index in [4.69, 9.17) is 5.73 Å². The molecule has 4 heteroatoms. The predicted octanol–water partition coefficient (Wildman–Crippen LogP) is 2.90. The van der Waals surface area contributed by atoms with E-state index in [1.807, 2.05) is 0 Å². The van der Waals surface area contributed by atoms with Crippen LogP contribution >= 0.6 is 0 Å². The highest BCUT2D eigenvalue weighted by Crippen LogP contribution is 2.10.